The number of hydrogen-bond donors (Lipinski definition) is 0. The number of nitrogens with zero attached hydrogens (tertiary/aromatic N) is 3. The smallest absolute Gasteiger partial charge is 0.116 e. The van der Waals surface area contributed by atoms with Crippen molar-refractivity contribution < 1.29 is 4.74 Å². The molecule has 1 saturated heterocycles. The maximum Gasteiger partial charge on any atom is 0.116 e. The Kier molecular flexibility index (Phi) is 4.22. The van der Waals surface area contributed by atoms with Gasteiger partial charge in [-0.2, -0.15) is 0 Å². The maximum absolute atomic E-state index is 5.31. The predicted octanol–water partition coefficient (Wildman–Crippen LogP) is 1.51. The number of morpholine rings is 1. The minimum Gasteiger partial charge on any atom is -0.379 e. The largest absolute Gasteiger partial charge is 0.379 e. The van der Waals surface area contributed by atoms with Crippen LogP contribution < -0.4 is 0 Å². The highest BCUT2D eigenvalue weighted by atomic mass is 16.5. The molecular weight excluding hydrogens is 250 g/mol. The van der Waals surface area contributed by atoms with Crippen molar-refractivity contribution in [3.05, 3.63) is 36.3 Å². The number of benzene rings is 1. The Labute approximate surface area is 118 Å². The van der Waals surface area contributed by atoms with Crippen LogP contribution in [0.1, 0.15) is 5.56 Å². The number of ether oxygens (including phenoxy) is 1. The molecule has 1 aliphatic rings. The molecule has 0 bridgehead atoms. The van der Waals surface area contributed by atoms with E-state index in [0.29, 0.717) is 0 Å². The molecule has 102 valence electrons. The van der Waals surface area contributed by atoms with Gasteiger partial charge >= 0.3 is 0 Å². The molecule has 0 atom stereocenters. The average Bonchev–Trinajstić information content (AvgIpc) is 2.52. The molecule has 2 heterocycles. The van der Waals surface area contributed by atoms with E-state index in [1.54, 1.807) is 6.33 Å². The van der Waals surface area contributed by atoms with Gasteiger partial charge in [0, 0.05) is 31.1 Å². The van der Waals surface area contributed by atoms with Gasteiger partial charge in [-0.25, -0.2) is 9.97 Å². The molecule has 0 spiro atoms. The minimum atomic E-state index is 0.768. The van der Waals surface area contributed by atoms with E-state index in [9.17, 15) is 0 Å². The third-order valence-corrected chi connectivity index (χ3v) is 3.40. The van der Waals surface area contributed by atoms with Crippen molar-refractivity contribution in [2.75, 3.05) is 32.8 Å². The summed E-state index contributed by atoms with van der Waals surface area (Å²) >= 11 is 0. The van der Waals surface area contributed by atoms with E-state index in [2.05, 4.69) is 38.8 Å². The fraction of sp³-hybridized carbons (Fsp3) is 0.375. The Hall–Kier alpha value is -1.96. The van der Waals surface area contributed by atoms with Crippen LogP contribution in [0.5, 0.6) is 0 Å². The number of fused-ring (bicyclic) bond motifs is 1. The van der Waals surface area contributed by atoms with E-state index in [4.69, 9.17) is 4.74 Å². The molecule has 2 aromatic rings. The molecule has 0 amide bonds. The molecule has 1 aliphatic heterocycles. The summed E-state index contributed by atoms with van der Waals surface area (Å²) in [7, 11) is 0. The van der Waals surface area contributed by atoms with Gasteiger partial charge in [-0.1, -0.05) is 24.0 Å². The molecule has 4 nitrogen and oxygen atoms in total. The van der Waals surface area contributed by atoms with Crippen LogP contribution in [0.25, 0.3) is 10.9 Å². The number of hydrogen-bond acceptors (Lipinski definition) is 4. The summed E-state index contributed by atoms with van der Waals surface area (Å²) in [5.74, 6) is 6.48. The highest BCUT2D eigenvalue weighted by Crippen LogP contribution is 2.12. The minimum absolute atomic E-state index is 0.768. The molecule has 0 saturated carbocycles. The zero-order chi connectivity index (χ0) is 13.6. The highest BCUT2D eigenvalue weighted by Gasteiger charge is 2.07. The van der Waals surface area contributed by atoms with Crippen LogP contribution in [0.2, 0.25) is 0 Å². The third-order valence-electron chi connectivity index (χ3n) is 3.40. The zero-order valence-electron chi connectivity index (χ0n) is 11.4. The van der Waals surface area contributed by atoms with Gasteiger partial charge in [-0.3, -0.25) is 4.90 Å². The Morgan fingerprint density at radius 3 is 3.00 bits per heavy atom. The second kappa shape index (κ2) is 6.47. The standard InChI is InChI=1S/C16H17N3O/c1(2-6-19-7-9-20-10-8-19)3-14-4-5-15-12-17-13-18-16(15)11-14/h4-5,11-13H,3,6-10H2. The van der Waals surface area contributed by atoms with Crippen molar-refractivity contribution in [1.29, 1.82) is 0 Å². The first-order valence-electron chi connectivity index (χ1n) is 6.86. The summed E-state index contributed by atoms with van der Waals surface area (Å²) in [5.41, 5.74) is 2.18. The van der Waals surface area contributed by atoms with Crippen molar-refractivity contribution >= 4 is 10.9 Å². The molecule has 0 radical (unpaired) electrons. The first kappa shape index (κ1) is 13.0. The topological polar surface area (TPSA) is 38.2 Å². The first-order valence-corrected chi connectivity index (χ1v) is 6.86. The van der Waals surface area contributed by atoms with Crippen molar-refractivity contribution in [1.82, 2.24) is 14.9 Å². The Bertz CT molecular complexity index is 639. The summed E-state index contributed by atoms with van der Waals surface area (Å²) in [5, 5.41) is 1.07. The lowest BCUT2D eigenvalue weighted by Crippen LogP contribution is -2.36. The normalized spacial score (nSPS) is 15.8. The zero-order valence-corrected chi connectivity index (χ0v) is 11.4. The molecular formula is C16H17N3O. The van der Waals surface area contributed by atoms with E-state index in [1.165, 1.54) is 5.56 Å². The second-order valence-corrected chi connectivity index (χ2v) is 4.83. The van der Waals surface area contributed by atoms with E-state index in [1.807, 2.05) is 12.3 Å². The molecule has 1 aromatic carbocycles. The molecule has 1 aromatic heterocycles. The van der Waals surface area contributed by atoms with Crippen molar-refractivity contribution in [3.8, 4) is 11.8 Å². The lowest BCUT2D eigenvalue weighted by molar-refractivity contribution is 0.0443. The molecule has 1 fully saturated rings. The Morgan fingerprint density at radius 2 is 2.10 bits per heavy atom. The number of aromatic nitrogens is 2. The monoisotopic (exact) mass is 267 g/mol. The molecule has 4 heteroatoms. The van der Waals surface area contributed by atoms with E-state index >= 15 is 0 Å². The van der Waals surface area contributed by atoms with Crippen LogP contribution >= 0.6 is 0 Å². The third kappa shape index (κ3) is 3.32. The van der Waals surface area contributed by atoms with Crippen LogP contribution in [0.3, 0.4) is 0 Å². The van der Waals surface area contributed by atoms with Gasteiger partial charge in [-0.05, 0) is 11.6 Å². The molecule has 0 aliphatic carbocycles. The second-order valence-electron chi connectivity index (χ2n) is 4.83. The van der Waals surface area contributed by atoms with Gasteiger partial charge < -0.3 is 4.74 Å². The Balaban J connectivity index is 1.59. The van der Waals surface area contributed by atoms with E-state index in [-0.39, 0.29) is 0 Å². The van der Waals surface area contributed by atoms with Gasteiger partial charge in [0.25, 0.3) is 0 Å². The average molecular weight is 267 g/mol. The lowest BCUT2D eigenvalue weighted by atomic mass is 10.1. The fourth-order valence-electron chi connectivity index (χ4n) is 2.22. The molecule has 0 N–H and O–H groups in total. The van der Waals surface area contributed by atoms with Crippen molar-refractivity contribution in [2.24, 2.45) is 0 Å². The quantitative estimate of drug-likeness (QED) is 0.773. The molecule has 3 rings (SSSR count). The van der Waals surface area contributed by atoms with Crippen LogP contribution in [0.4, 0.5) is 0 Å². The van der Waals surface area contributed by atoms with E-state index in [0.717, 1.165) is 50.2 Å². The van der Waals surface area contributed by atoms with Crippen LogP contribution in [-0.2, 0) is 11.2 Å². The SMILES string of the molecule is C(#CCN1CCOCC1)Cc1ccc2cncnc2c1. The van der Waals surface area contributed by atoms with Gasteiger partial charge in [0.15, 0.2) is 0 Å². The summed E-state index contributed by atoms with van der Waals surface area (Å²) in [4.78, 5) is 10.6. The highest BCUT2D eigenvalue weighted by molar-refractivity contribution is 5.77. The summed E-state index contributed by atoms with van der Waals surface area (Å²) in [6, 6.07) is 6.23. The van der Waals surface area contributed by atoms with Gasteiger partial charge in [0.05, 0.1) is 25.3 Å². The summed E-state index contributed by atoms with van der Waals surface area (Å²) in [6.45, 7) is 4.46. The molecule has 20 heavy (non-hydrogen) atoms. The Morgan fingerprint density at radius 1 is 1.20 bits per heavy atom. The van der Waals surface area contributed by atoms with Crippen LogP contribution in [0.15, 0.2) is 30.7 Å². The van der Waals surface area contributed by atoms with E-state index < -0.39 is 0 Å². The number of rotatable bonds is 2. The summed E-state index contributed by atoms with van der Waals surface area (Å²) in [6.07, 6.45) is 4.18. The first-order chi connectivity index (χ1) is 9.92. The predicted molar refractivity (Wildman–Crippen MR) is 78.3 cm³/mol. The van der Waals surface area contributed by atoms with Gasteiger partial charge in [0.1, 0.15) is 6.33 Å². The molecule has 0 unspecified atom stereocenters. The maximum atomic E-state index is 5.31. The van der Waals surface area contributed by atoms with Crippen LogP contribution in [0, 0.1) is 11.8 Å². The van der Waals surface area contributed by atoms with Gasteiger partial charge in [-0.15, -0.1) is 0 Å². The van der Waals surface area contributed by atoms with Crippen LogP contribution in [-0.4, -0.2) is 47.7 Å². The lowest BCUT2D eigenvalue weighted by Gasteiger charge is -2.24. The fourth-order valence-corrected chi connectivity index (χ4v) is 2.22. The van der Waals surface area contributed by atoms with Gasteiger partial charge in [0.2, 0.25) is 0 Å². The summed E-state index contributed by atoms with van der Waals surface area (Å²) < 4.78 is 5.31. The van der Waals surface area contributed by atoms with Crippen molar-refractivity contribution in [2.45, 2.75) is 6.42 Å². The van der Waals surface area contributed by atoms with Crippen molar-refractivity contribution in [3.63, 3.8) is 0 Å².